The molecular weight excluding hydrogens is 711 g/mol. The summed E-state index contributed by atoms with van der Waals surface area (Å²) in [5.41, 5.74) is 7.26. The summed E-state index contributed by atoms with van der Waals surface area (Å²) in [5.74, 6) is 0.200. The van der Waals surface area contributed by atoms with Gasteiger partial charge in [0.2, 0.25) is 11.8 Å². The number of hydrogen-bond donors (Lipinski definition) is 4. The molecule has 0 saturated heterocycles. The minimum absolute atomic E-state index is 0.0553. The van der Waals surface area contributed by atoms with Crippen molar-refractivity contribution >= 4 is 53.4 Å². The Balaban J connectivity index is 1.43. The third kappa shape index (κ3) is 9.77. The van der Waals surface area contributed by atoms with Crippen LogP contribution in [0.15, 0.2) is 79.1 Å². The topological polar surface area (TPSA) is 202 Å². The van der Waals surface area contributed by atoms with E-state index in [1.165, 1.54) is 36.7 Å². The highest BCUT2D eigenvalue weighted by Gasteiger charge is 2.37. The zero-order valence-electron chi connectivity index (χ0n) is 29.2. The van der Waals surface area contributed by atoms with Crippen molar-refractivity contribution < 1.29 is 42.8 Å². The number of fused-ring (bicyclic) bond motifs is 2. The highest BCUT2D eigenvalue weighted by Crippen LogP contribution is 2.47. The predicted octanol–water partition coefficient (Wildman–Crippen LogP) is 4.87. The predicted molar refractivity (Wildman–Crippen MR) is 198 cm³/mol. The van der Waals surface area contributed by atoms with Crippen LogP contribution in [-0.2, 0) is 30.1 Å². The van der Waals surface area contributed by atoms with Crippen LogP contribution in [0.1, 0.15) is 31.9 Å². The van der Waals surface area contributed by atoms with Gasteiger partial charge in [0.15, 0.2) is 11.2 Å². The molecule has 6 atom stereocenters. The lowest BCUT2D eigenvalue weighted by Gasteiger charge is -2.29. The SMILES string of the molecule is COc1nc(N)nc2c1ncn2CO[C@H](COP(=O)(N[C@@H](CCSC)C(=O)O[C@@H](C)c1ccccc1)Oc1cccc2ccccc12)[C@@H](O)C(C)O. The number of rotatable bonds is 19. The number of thioether (sulfide) groups is 1. The number of nitrogens with two attached hydrogens (primary N) is 1. The standard InChI is InChI=1S/C35H43N6O9PS/c1-22(42)31(43)29(47-21-41-20-37-30-32(41)38-35(36)39-33(30)46-3)19-48-51(45,50-28-16-10-14-25-13-8-9-15-26(25)28)40-27(17-18-52-4)34(44)49-23(2)24-11-6-5-7-12-24/h5-16,20,22-23,27,29,31,42-43H,17-19,21H2,1-4H3,(H,40,45)(H2,36,38,39)/t22?,23-,27-,29+,31-,51?/m0/s1. The van der Waals surface area contributed by atoms with Gasteiger partial charge in [0, 0.05) is 5.39 Å². The Morgan fingerprint density at radius 1 is 1.04 bits per heavy atom. The van der Waals surface area contributed by atoms with Crippen molar-refractivity contribution in [2.24, 2.45) is 0 Å². The van der Waals surface area contributed by atoms with E-state index in [9.17, 15) is 19.6 Å². The van der Waals surface area contributed by atoms with Gasteiger partial charge in [-0.25, -0.2) is 9.55 Å². The maximum absolute atomic E-state index is 14.8. The van der Waals surface area contributed by atoms with Gasteiger partial charge in [0.05, 0.1) is 26.1 Å². The Hall–Kier alpha value is -4.28. The van der Waals surface area contributed by atoms with E-state index < -0.39 is 50.8 Å². The fourth-order valence-electron chi connectivity index (χ4n) is 5.28. The second-order valence-corrected chi connectivity index (χ2v) is 14.5. The Labute approximate surface area is 305 Å². The summed E-state index contributed by atoms with van der Waals surface area (Å²) in [5, 5.41) is 25.7. The first-order valence-corrected chi connectivity index (χ1v) is 19.4. The average Bonchev–Trinajstić information content (AvgIpc) is 3.55. The van der Waals surface area contributed by atoms with Gasteiger partial charge in [-0.15, -0.1) is 0 Å². The summed E-state index contributed by atoms with van der Waals surface area (Å²) in [6.07, 6.45) is -1.10. The summed E-state index contributed by atoms with van der Waals surface area (Å²) in [4.78, 5) is 26.2. The number of nitrogens with zero attached hydrogens (tertiary/aromatic N) is 4. The van der Waals surface area contributed by atoms with E-state index in [0.29, 0.717) is 22.3 Å². The Morgan fingerprint density at radius 3 is 2.50 bits per heavy atom. The van der Waals surface area contributed by atoms with Gasteiger partial charge >= 0.3 is 13.7 Å². The molecule has 2 unspecified atom stereocenters. The number of hydrogen-bond acceptors (Lipinski definition) is 14. The molecule has 3 aromatic carbocycles. The van der Waals surface area contributed by atoms with Crippen molar-refractivity contribution in [3.05, 3.63) is 84.7 Å². The van der Waals surface area contributed by atoms with Gasteiger partial charge in [-0.3, -0.25) is 13.9 Å². The number of aliphatic hydroxyl groups is 2. The molecule has 278 valence electrons. The number of benzene rings is 3. The monoisotopic (exact) mass is 754 g/mol. The third-order valence-electron chi connectivity index (χ3n) is 8.09. The Bertz CT molecular complexity index is 1980. The Morgan fingerprint density at radius 2 is 1.77 bits per heavy atom. The molecule has 15 nitrogen and oxygen atoms in total. The summed E-state index contributed by atoms with van der Waals surface area (Å²) in [6.45, 7) is 2.34. The lowest BCUT2D eigenvalue weighted by atomic mass is 10.1. The number of aliphatic hydroxyl groups excluding tert-OH is 2. The van der Waals surface area contributed by atoms with Crippen LogP contribution in [0.4, 0.5) is 5.95 Å². The maximum Gasteiger partial charge on any atom is 0.459 e. The molecule has 0 saturated carbocycles. The molecule has 0 fully saturated rings. The Kier molecular flexibility index (Phi) is 13.5. The van der Waals surface area contributed by atoms with E-state index in [2.05, 4.69) is 20.0 Å². The van der Waals surface area contributed by atoms with Crippen molar-refractivity contribution in [2.75, 3.05) is 31.5 Å². The van der Waals surface area contributed by atoms with Gasteiger partial charge in [-0.05, 0) is 49.3 Å². The second-order valence-electron chi connectivity index (χ2n) is 11.9. The number of ether oxygens (including phenoxy) is 3. The number of nitrogen functional groups attached to an aromatic ring is 1. The molecule has 0 aliphatic carbocycles. The van der Waals surface area contributed by atoms with Crippen LogP contribution in [0.5, 0.6) is 11.6 Å². The van der Waals surface area contributed by atoms with Crippen LogP contribution >= 0.6 is 19.5 Å². The maximum atomic E-state index is 14.8. The first kappa shape index (κ1) is 38.9. The van der Waals surface area contributed by atoms with E-state index >= 15 is 0 Å². The number of carbonyl (C=O) groups is 1. The highest BCUT2D eigenvalue weighted by molar-refractivity contribution is 7.98. The molecular formula is C35H43N6O9PS. The summed E-state index contributed by atoms with van der Waals surface area (Å²) in [7, 11) is -3.06. The first-order chi connectivity index (χ1) is 25.0. The van der Waals surface area contributed by atoms with E-state index in [1.54, 1.807) is 25.1 Å². The van der Waals surface area contributed by atoms with E-state index in [4.69, 9.17) is 29.0 Å². The molecule has 17 heteroatoms. The zero-order valence-corrected chi connectivity index (χ0v) is 30.9. The van der Waals surface area contributed by atoms with E-state index in [0.717, 1.165) is 10.9 Å². The molecule has 5 aromatic rings. The minimum atomic E-state index is -4.48. The molecule has 2 heterocycles. The molecule has 52 heavy (non-hydrogen) atoms. The highest BCUT2D eigenvalue weighted by atomic mass is 32.2. The summed E-state index contributed by atoms with van der Waals surface area (Å²) in [6, 6.07) is 20.8. The normalized spacial score (nSPS) is 15.7. The smallest absolute Gasteiger partial charge is 0.459 e. The van der Waals surface area contributed by atoms with Crippen LogP contribution in [0, 0.1) is 0 Å². The van der Waals surface area contributed by atoms with Gasteiger partial charge in [-0.1, -0.05) is 66.7 Å². The molecule has 5 rings (SSSR count). The van der Waals surface area contributed by atoms with Gasteiger partial charge in [0.25, 0.3) is 0 Å². The van der Waals surface area contributed by atoms with Gasteiger partial charge in [0.1, 0.15) is 36.8 Å². The quantitative estimate of drug-likeness (QED) is 0.0656. The van der Waals surface area contributed by atoms with E-state index in [-0.39, 0.29) is 30.7 Å². The second kappa shape index (κ2) is 18.0. The zero-order chi connectivity index (χ0) is 37.3. The van der Waals surface area contributed by atoms with Crippen molar-refractivity contribution in [3.8, 4) is 11.6 Å². The fraction of sp³-hybridized carbons (Fsp3) is 0.371. The van der Waals surface area contributed by atoms with Crippen molar-refractivity contribution in [1.29, 1.82) is 0 Å². The first-order valence-electron chi connectivity index (χ1n) is 16.5. The van der Waals surface area contributed by atoms with Crippen LogP contribution in [0.2, 0.25) is 0 Å². The van der Waals surface area contributed by atoms with Gasteiger partial charge < -0.3 is 34.7 Å². The molecule has 0 bridgehead atoms. The summed E-state index contributed by atoms with van der Waals surface area (Å²) >= 11 is 1.50. The molecule has 0 aliphatic rings. The molecule has 0 spiro atoms. The number of methoxy groups -OCH3 is 1. The van der Waals surface area contributed by atoms with Crippen LogP contribution < -0.4 is 20.1 Å². The number of aromatic nitrogens is 4. The van der Waals surface area contributed by atoms with Crippen LogP contribution in [0.25, 0.3) is 21.9 Å². The summed E-state index contributed by atoms with van der Waals surface area (Å²) < 4.78 is 45.6. The minimum Gasteiger partial charge on any atom is -0.479 e. The lowest BCUT2D eigenvalue weighted by molar-refractivity contribution is -0.151. The molecule has 5 N–H and O–H groups in total. The number of esters is 1. The van der Waals surface area contributed by atoms with Gasteiger partial charge in [-0.2, -0.15) is 26.8 Å². The number of carbonyl (C=O) groups excluding carboxylic acids is 1. The average molecular weight is 755 g/mol. The lowest BCUT2D eigenvalue weighted by Crippen LogP contribution is -2.42. The van der Waals surface area contributed by atoms with Crippen molar-refractivity contribution in [3.63, 3.8) is 0 Å². The van der Waals surface area contributed by atoms with Crippen LogP contribution in [0.3, 0.4) is 0 Å². The number of imidazole rings is 1. The van der Waals surface area contributed by atoms with E-state index in [1.807, 2.05) is 60.9 Å². The molecule has 0 aliphatic heterocycles. The molecule has 0 radical (unpaired) electrons. The van der Waals surface area contributed by atoms with Crippen LogP contribution in [-0.4, -0.2) is 85.8 Å². The van der Waals surface area contributed by atoms with Crippen molar-refractivity contribution in [1.82, 2.24) is 24.6 Å². The number of anilines is 1. The fourth-order valence-corrected chi connectivity index (χ4v) is 7.31. The molecule has 0 amide bonds. The van der Waals surface area contributed by atoms with Crippen molar-refractivity contribution in [2.45, 2.75) is 57.5 Å². The largest absolute Gasteiger partial charge is 0.479 e. The molecule has 2 aromatic heterocycles. The number of nitrogens with one attached hydrogen (secondary N) is 1. The third-order valence-corrected chi connectivity index (χ3v) is 10.3.